The minimum atomic E-state index is -0.384. The van der Waals surface area contributed by atoms with Gasteiger partial charge in [-0.05, 0) is 20.8 Å². The van der Waals surface area contributed by atoms with Crippen LogP contribution in [0.25, 0.3) is 0 Å². The molecular formula is C9H15ClN4O. The van der Waals surface area contributed by atoms with E-state index < -0.39 is 0 Å². The van der Waals surface area contributed by atoms with E-state index in [4.69, 9.17) is 17.3 Å². The van der Waals surface area contributed by atoms with E-state index in [0.717, 1.165) is 0 Å². The summed E-state index contributed by atoms with van der Waals surface area (Å²) in [6.07, 6.45) is 1.30. The molecule has 4 N–H and O–H groups in total. The van der Waals surface area contributed by atoms with Crippen LogP contribution < -0.4 is 16.6 Å². The molecule has 0 spiro atoms. The van der Waals surface area contributed by atoms with Crippen molar-refractivity contribution in [2.75, 3.05) is 5.32 Å². The number of hydrogen-bond donors (Lipinski definition) is 3. The van der Waals surface area contributed by atoms with Gasteiger partial charge in [-0.1, -0.05) is 11.6 Å². The lowest BCUT2D eigenvalue weighted by molar-refractivity contribution is 0.469. The summed E-state index contributed by atoms with van der Waals surface area (Å²) in [5, 5.41) is 3.09. The van der Waals surface area contributed by atoms with Crippen LogP contribution in [0.3, 0.4) is 0 Å². The largest absolute Gasteiger partial charge is 0.362 e. The highest BCUT2D eigenvalue weighted by molar-refractivity contribution is 6.32. The summed E-state index contributed by atoms with van der Waals surface area (Å²) in [5.41, 5.74) is 5.04. The maximum Gasteiger partial charge on any atom is 0.271 e. The molecule has 1 aromatic heterocycles. The van der Waals surface area contributed by atoms with E-state index in [0.29, 0.717) is 5.82 Å². The Labute approximate surface area is 93.0 Å². The molecule has 0 radical (unpaired) electrons. The average molecular weight is 231 g/mol. The molecule has 0 aliphatic carbocycles. The molecule has 15 heavy (non-hydrogen) atoms. The van der Waals surface area contributed by atoms with E-state index in [1.165, 1.54) is 6.33 Å². The normalized spacial score (nSPS) is 13.7. The van der Waals surface area contributed by atoms with Crippen molar-refractivity contribution in [2.45, 2.75) is 32.4 Å². The Morgan fingerprint density at radius 2 is 2.27 bits per heavy atom. The third-order valence-electron chi connectivity index (χ3n) is 2.38. The molecule has 84 valence electrons. The topological polar surface area (TPSA) is 83.8 Å². The fraction of sp³-hybridized carbons (Fsp3) is 0.556. The molecule has 1 heterocycles. The van der Waals surface area contributed by atoms with E-state index in [1.54, 1.807) is 0 Å². The fourth-order valence-electron chi connectivity index (χ4n) is 0.889. The maximum atomic E-state index is 11.2. The second-order valence-electron chi connectivity index (χ2n) is 4.03. The molecule has 0 bridgehead atoms. The molecule has 0 saturated carbocycles. The molecule has 1 rings (SSSR count). The number of rotatable bonds is 3. The van der Waals surface area contributed by atoms with Gasteiger partial charge in [0.25, 0.3) is 5.56 Å². The summed E-state index contributed by atoms with van der Waals surface area (Å²) in [5.74, 6) is 0.350. The Bertz CT molecular complexity index is 399. The van der Waals surface area contributed by atoms with Crippen molar-refractivity contribution in [3.05, 3.63) is 21.7 Å². The van der Waals surface area contributed by atoms with Crippen molar-refractivity contribution in [3.8, 4) is 0 Å². The molecule has 0 saturated heterocycles. The van der Waals surface area contributed by atoms with E-state index in [-0.39, 0.29) is 22.2 Å². The number of hydrogen-bond acceptors (Lipinski definition) is 4. The van der Waals surface area contributed by atoms with Crippen molar-refractivity contribution >= 4 is 17.4 Å². The van der Waals surface area contributed by atoms with Crippen molar-refractivity contribution in [1.82, 2.24) is 9.97 Å². The quantitative estimate of drug-likeness (QED) is 0.722. The van der Waals surface area contributed by atoms with Crippen LogP contribution in [0, 0.1) is 0 Å². The predicted octanol–water partition coefficient (Wildman–Crippen LogP) is 0.961. The number of aromatic nitrogens is 2. The highest BCUT2D eigenvalue weighted by Crippen LogP contribution is 2.19. The van der Waals surface area contributed by atoms with Crippen LogP contribution in [-0.2, 0) is 0 Å². The Morgan fingerprint density at radius 1 is 1.67 bits per heavy atom. The Balaban J connectivity index is 3.00. The monoisotopic (exact) mass is 230 g/mol. The van der Waals surface area contributed by atoms with Gasteiger partial charge in [0.2, 0.25) is 0 Å². The zero-order valence-corrected chi connectivity index (χ0v) is 9.72. The zero-order chi connectivity index (χ0) is 11.6. The molecule has 0 fully saturated rings. The first kappa shape index (κ1) is 12.0. The van der Waals surface area contributed by atoms with Gasteiger partial charge >= 0.3 is 0 Å². The zero-order valence-electron chi connectivity index (χ0n) is 8.97. The summed E-state index contributed by atoms with van der Waals surface area (Å²) in [6.45, 7) is 5.70. The van der Waals surface area contributed by atoms with Crippen LogP contribution in [0.1, 0.15) is 20.8 Å². The minimum Gasteiger partial charge on any atom is -0.362 e. The van der Waals surface area contributed by atoms with E-state index in [2.05, 4.69) is 15.3 Å². The highest BCUT2D eigenvalue weighted by atomic mass is 35.5. The number of nitrogens with zero attached hydrogens (tertiary/aromatic N) is 1. The van der Waals surface area contributed by atoms with Gasteiger partial charge in [0, 0.05) is 11.6 Å². The lowest BCUT2D eigenvalue weighted by Gasteiger charge is -2.30. The number of aromatic amines is 1. The number of nitrogens with one attached hydrogen (secondary N) is 2. The predicted molar refractivity (Wildman–Crippen MR) is 61.2 cm³/mol. The summed E-state index contributed by atoms with van der Waals surface area (Å²) in [4.78, 5) is 17.5. The van der Waals surface area contributed by atoms with Gasteiger partial charge in [0.15, 0.2) is 5.82 Å². The van der Waals surface area contributed by atoms with Crippen molar-refractivity contribution < 1.29 is 0 Å². The van der Waals surface area contributed by atoms with Gasteiger partial charge in [0.1, 0.15) is 5.02 Å². The van der Waals surface area contributed by atoms with Crippen LogP contribution in [0.4, 0.5) is 5.82 Å². The highest BCUT2D eigenvalue weighted by Gasteiger charge is 2.24. The fourth-order valence-corrected chi connectivity index (χ4v) is 1.04. The second-order valence-corrected chi connectivity index (χ2v) is 4.41. The number of halogens is 1. The molecule has 1 aromatic rings. The van der Waals surface area contributed by atoms with Crippen LogP contribution >= 0.6 is 11.6 Å². The van der Waals surface area contributed by atoms with Gasteiger partial charge in [-0.25, -0.2) is 4.98 Å². The molecule has 1 atom stereocenters. The Morgan fingerprint density at radius 3 is 2.80 bits per heavy atom. The number of anilines is 1. The average Bonchev–Trinajstić information content (AvgIpc) is 2.12. The summed E-state index contributed by atoms with van der Waals surface area (Å²) < 4.78 is 0. The molecule has 0 aliphatic rings. The standard InChI is InChI=1S/C9H15ClN4O/c1-5(11)9(2,3)14-7-6(10)8(15)13-4-12-7/h4-5H,11H2,1-3H3,(H2,12,13,14,15). The van der Waals surface area contributed by atoms with Crippen LogP contribution in [0.2, 0.25) is 5.02 Å². The first-order valence-corrected chi connectivity index (χ1v) is 4.99. The smallest absolute Gasteiger partial charge is 0.271 e. The Kier molecular flexibility index (Phi) is 3.36. The lowest BCUT2D eigenvalue weighted by atomic mass is 9.97. The molecular weight excluding hydrogens is 216 g/mol. The van der Waals surface area contributed by atoms with Gasteiger partial charge in [0.05, 0.1) is 6.33 Å². The third kappa shape index (κ3) is 2.70. The Hall–Kier alpha value is -1.07. The summed E-state index contributed by atoms with van der Waals surface area (Å²) in [6, 6.07) is -0.102. The first-order valence-electron chi connectivity index (χ1n) is 4.61. The van der Waals surface area contributed by atoms with Crippen LogP contribution in [0.15, 0.2) is 11.1 Å². The SMILES string of the molecule is CC(N)C(C)(C)Nc1nc[nH]c(=O)c1Cl. The van der Waals surface area contributed by atoms with Gasteiger partial charge in [-0.15, -0.1) is 0 Å². The molecule has 6 heteroatoms. The third-order valence-corrected chi connectivity index (χ3v) is 2.73. The van der Waals surface area contributed by atoms with E-state index in [9.17, 15) is 4.79 Å². The molecule has 1 unspecified atom stereocenters. The van der Waals surface area contributed by atoms with Gasteiger partial charge in [-0.2, -0.15) is 0 Å². The van der Waals surface area contributed by atoms with E-state index >= 15 is 0 Å². The van der Waals surface area contributed by atoms with Crippen LogP contribution in [-0.4, -0.2) is 21.5 Å². The van der Waals surface area contributed by atoms with Crippen molar-refractivity contribution in [3.63, 3.8) is 0 Å². The van der Waals surface area contributed by atoms with Crippen LogP contribution in [0.5, 0.6) is 0 Å². The summed E-state index contributed by atoms with van der Waals surface area (Å²) >= 11 is 5.79. The number of H-pyrrole nitrogens is 1. The lowest BCUT2D eigenvalue weighted by Crippen LogP contribution is -2.47. The molecule has 5 nitrogen and oxygen atoms in total. The van der Waals surface area contributed by atoms with E-state index in [1.807, 2.05) is 20.8 Å². The second kappa shape index (κ2) is 4.20. The van der Waals surface area contributed by atoms with Crippen molar-refractivity contribution in [1.29, 1.82) is 0 Å². The van der Waals surface area contributed by atoms with Gasteiger partial charge < -0.3 is 16.0 Å². The molecule has 0 amide bonds. The maximum absolute atomic E-state index is 11.2. The minimum absolute atomic E-state index is 0.0474. The summed E-state index contributed by atoms with van der Waals surface area (Å²) in [7, 11) is 0. The van der Waals surface area contributed by atoms with Crippen molar-refractivity contribution in [2.24, 2.45) is 5.73 Å². The molecule has 0 aliphatic heterocycles. The molecule has 0 aromatic carbocycles. The first-order chi connectivity index (χ1) is 6.84. The van der Waals surface area contributed by atoms with Gasteiger partial charge in [-0.3, -0.25) is 4.79 Å². The number of nitrogens with two attached hydrogens (primary N) is 1.